The zero-order valence-electron chi connectivity index (χ0n) is 16.4. The Kier molecular flexibility index (Phi) is 5.02. The lowest BCUT2D eigenvalue weighted by molar-refractivity contribution is -0.143. The highest BCUT2D eigenvalue weighted by molar-refractivity contribution is 8.01. The summed E-state index contributed by atoms with van der Waals surface area (Å²) in [6, 6.07) is 11.8. The van der Waals surface area contributed by atoms with Crippen molar-refractivity contribution in [2.45, 2.75) is 37.1 Å². The lowest BCUT2D eigenvalue weighted by Crippen LogP contribution is -2.51. The summed E-state index contributed by atoms with van der Waals surface area (Å²) in [7, 11) is 0. The molecule has 2 heterocycles. The molecule has 1 aliphatic carbocycles. The van der Waals surface area contributed by atoms with Gasteiger partial charge in [0.05, 0.1) is 12.2 Å². The smallest absolute Gasteiger partial charge is 0.268 e. The van der Waals surface area contributed by atoms with Crippen molar-refractivity contribution in [2.24, 2.45) is 5.92 Å². The summed E-state index contributed by atoms with van der Waals surface area (Å²) in [5.41, 5.74) is 2.05. The molecule has 0 bridgehead atoms. The van der Waals surface area contributed by atoms with Gasteiger partial charge in [0.25, 0.3) is 5.91 Å². The highest BCUT2D eigenvalue weighted by atomic mass is 35.5. The maximum atomic E-state index is 14.3. The average molecular weight is 445 g/mol. The Balaban J connectivity index is 1.59. The van der Waals surface area contributed by atoms with Crippen LogP contribution in [0.15, 0.2) is 42.5 Å². The number of carbonyl (C=O) groups excluding carboxylic acids is 2. The monoisotopic (exact) mass is 444 g/mol. The van der Waals surface area contributed by atoms with Crippen molar-refractivity contribution in [3.63, 3.8) is 0 Å². The summed E-state index contributed by atoms with van der Waals surface area (Å²) < 4.78 is 14.3. The Morgan fingerprint density at radius 2 is 1.97 bits per heavy atom. The third-order valence-corrected chi connectivity index (χ3v) is 8.20. The van der Waals surface area contributed by atoms with Crippen LogP contribution in [0.3, 0.4) is 0 Å². The minimum atomic E-state index is -1.18. The van der Waals surface area contributed by atoms with Gasteiger partial charge in [0.1, 0.15) is 5.82 Å². The predicted molar refractivity (Wildman–Crippen MR) is 117 cm³/mol. The maximum Gasteiger partial charge on any atom is 0.268 e. The van der Waals surface area contributed by atoms with Crippen LogP contribution in [0.2, 0.25) is 5.02 Å². The van der Waals surface area contributed by atoms with Crippen LogP contribution in [0, 0.1) is 11.7 Å². The van der Waals surface area contributed by atoms with Gasteiger partial charge in [0.15, 0.2) is 4.87 Å². The Labute approximate surface area is 184 Å². The Morgan fingerprint density at radius 1 is 1.20 bits per heavy atom. The van der Waals surface area contributed by atoms with E-state index < -0.39 is 10.7 Å². The van der Waals surface area contributed by atoms with Crippen LogP contribution in [0.4, 0.5) is 10.1 Å². The summed E-state index contributed by atoms with van der Waals surface area (Å²) in [5, 5.41) is 0.577. The zero-order chi connectivity index (χ0) is 20.9. The topological polar surface area (TPSA) is 40.6 Å². The third kappa shape index (κ3) is 2.95. The first kappa shape index (κ1) is 19.9. The second-order valence-corrected chi connectivity index (χ2v) is 9.80. The number of halogens is 2. The Morgan fingerprint density at radius 3 is 2.73 bits per heavy atom. The molecule has 7 heteroatoms. The largest absolute Gasteiger partial charge is 0.315 e. The standard InChI is InChI=1S/C23H22ClFN2O2S/c24-19-8-4-3-7-16(19)14-26-20-10-9-17(25)13-18(20)23(22(26)29)27(11-12-30-23)21(28)15-5-1-2-6-15/h3-4,7-10,13,15H,1-2,5-6,11-12,14H2. The van der Waals surface area contributed by atoms with Crippen LogP contribution in [0.5, 0.6) is 0 Å². The number of nitrogens with zero attached hydrogens (tertiary/aromatic N) is 2. The highest BCUT2D eigenvalue weighted by Crippen LogP contribution is 2.55. The van der Waals surface area contributed by atoms with Gasteiger partial charge in [0.2, 0.25) is 5.91 Å². The fourth-order valence-corrected chi connectivity index (χ4v) is 6.61. The first-order valence-electron chi connectivity index (χ1n) is 10.3. The van der Waals surface area contributed by atoms with Gasteiger partial charge < -0.3 is 9.80 Å². The molecule has 2 aliphatic heterocycles. The fraction of sp³-hybridized carbons (Fsp3) is 0.391. The molecule has 3 aliphatic rings. The molecule has 30 heavy (non-hydrogen) atoms. The molecule has 4 nitrogen and oxygen atoms in total. The van der Waals surface area contributed by atoms with Crippen molar-refractivity contribution in [2.75, 3.05) is 17.2 Å². The zero-order valence-corrected chi connectivity index (χ0v) is 18.0. The van der Waals surface area contributed by atoms with Gasteiger partial charge in [-0.1, -0.05) is 42.6 Å². The third-order valence-electron chi connectivity index (χ3n) is 6.41. The second kappa shape index (κ2) is 7.57. The minimum Gasteiger partial charge on any atom is -0.315 e. The number of hydrogen-bond acceptors (Lipinski definition) is 3. The molecule has 1 saturated carbocycles. The lowest BCUT2D eigenvalue weighted by Gasteiger charge is -2.34. The van der Waals surface area contributed by atoms with Crippen LogP contribution in [-0.2, 0) is 21.0 Å². The molecule has 5 rings (SSSR count). The SMILES string of the molecule is O=C(C1CCCC1)N1CCSC12C(=O)N(Cc1ccccc1Cl)c1ccc(F)cc12. The maximum absolute atomic E-state index is 14.3. The fourth-order valence-electron chi connectivity index (χ4n) is 4.96. The van der Waals surface area contributed by atoms with E-state index in [1.165, 1.54) is 23.9 Å². The second-order valence-electron chi connectivity index (χ2n) is 8.11. The molecule has 2 aromatic rings. The Hall–Kier alpha value is -2.05. The molecular weight excluding hydrogens is 423 g/mol. The summed E-state index contributed by atoms with van der Waals surface area (Å²) in [5.74, 6) is 0.0573. The lowest BCUT2D eigenvalue weighted by atomic mass is 10.0. The molecule has 1 saturated heterocycles. The van der Waals surface area contributed by atoms with E-state index in [0.29, 0.717) is 28.6 Å². The van der Waals surface area contributed by atoms with E-state index in [1.807, 2.05) is 18.2 Å². The Bertz CT molecular complexity index is 1030. The van der Waals surface area contributed by atoms with Crippen LogP contribution in [0.25, 0.3) is 0 Å². The number of fused-ring (bicyclic) bond motifs is 2. The van der Waals surface area contributed by atoms with Crippen molar-refractivity contribution < 1.29 is 14.0 Å². The number of carbonyl (C=O) groups is 2. The first-order valence-corrected chi connectivity index (χ1v) is 11.7. The van der Waals surface area contributed by atoms with E-state index in [9.17, 15) is 14.0 Å². The van der Waals surface area contributed by atoms with Crippen molar-refractivity contribution in [3.8, 4) is 0 Å². The van der Waals surface area contributed by atoms with E-state index in [0.717, 1.165) is 31.2 Å². The number of thioether (sulfide) groups is 1. The van der Waals surface area contributed by atoms with Gasteiger partial charge in [-0.3, -0.25) is 9.59 Å². The van der Waals surface area contributed by atoms with Gasteiger partial charge in [-0.05, 0) is 42.7 Å². The van der Waals surface area contributed by atoms with E-state index in [1.54, 1.807) is 21.9 Å². The molecule has 0 aromatic heterocycles. The predicted octanol–water partition coefficient (Wildman–Crippen LogP) is 4.94. The molecular formula is C23H22ClFN2O2S. The normalized spacial score (nSPS) is 23.6. The van der Waals surface area contributed by atoms with E-state index >= 15 is 0 Å². The van der Waals surface area contributed by atoms with E-state index in [4.69, 9.17) is 11.6 Å². The number of rotatable bonds is 3. The molecule has 2 fully saturated rings. The van der Waals surface area contributed by atoms with Crippen molar-refractivity contribution >= 4 is 40.9 Å². The number of anilines is 1. The van der Waals surface area contributed by atoms with E-state index in [-0.39, 0.29) is 24.3 Å². The first-order chi connectivity index (χ1) is 14.5. The molecule has 1 spiro atoms. The molecule has 2 aromatic carbocycles. The number of benzene rings is 2. The van der Waals surface area contributed by atoms with Crippen molar-refractivity contribution in [1.29, 1.82) is 0 Å². The highest BCUT2D eigenvalue weighted by Gasteiger charge is 2.60. The molecule has 0 radical (unpaired) electrons. The minimum absolute atomic E-state index is 0.0284. The quantitative estimate of drug-likeness (QED) is 0.673. The van der Waals surface area contributed by atoms with Gasteiger partial charge in [-0.25, -0.2) is 4.39 Å². The number of amides is 2. The van der Waals surface area contributed by atoms with Crippen LogP contribution in [0.1, 0.15) is 36.8 Å². The van der Waals surface area contributed by atoms with Crippen molar-refractivity contribution in [3.05, 3.63) is 64.4 Å². The number of hydrogen-bond donors (Lipinski definition) is 0. The average Bonchev–Trinajstić information content (AvgIpc) is 3.47. The van der Waals surface area contributed by atoms with Crippen LogP contribution < -0.4 is 4.90 Å². The van der Waals surface area contributed by atoms with Gasteiger partial charge in [-0.2, -0.15) is 0 Å². The van der Waals surface area contributed by atoms with Crippen LogP contribution >= 0.6 is 23.4 Å². The van der Waals surface area contributed by atoms with Crippen LogP contribution in [-0.4, -0.2) is 29.0 Å². The molecule has 156 valence electrons. The molecule has 1 unspecified atom stereocenters. The summed E-state index contributed by atoms with van der Waals surface area (Å²) in [4.78, 5) is 29.5. The summed E-state index contributed by atoms with van der Waals surface area (Å²) >= 11 is 7.79. The summed E-state index contributed by atoms with van der Waals surface area (Å²) in [6.07, 6.45) is 3.82. The van der Waals surface area contributed by atoms with Gasteiger partial charge in [-0.15, -0.1) is 11.8 Å². The van der Waals surface area contributed by atoms with Gasteiger partial charge in [0, 0.05) is 28.8 Å². The summed E-state index contributed by atoms with van der Waals surface area (Å²) in [6.45, 7) is 0.784. The van der Waals surface area contributed by atoms with Crippen molar-refractivity contribution in [1.82, 2.24) is 4.90 Å². The molecule has 0 N–H and O–H groups in total. The molecule has 1 atom stereocenters. The molecule has 2 amide bonds. The van der Waals surface area contributed by atoms with Gasteiger partial charge >= 0.3 is 0 Å². The van der Waals surface area contributed by atoms with E-state index in [2.05, 4.69) is 0 Å².